The Kier molecular flexibility index (Phi) is 3.00. The van der Waals surface area contributed by atoms with E-state index in [9.17, 15) is 9.90 Å². The molecule has 94 valence electrons. The minimum atomic E-state index is -0.509. The number of likely N-dealkylation sites (tertiary alicyclic amines) is 1. The molecule has 2 rings (SSSR count). The second kappa shape index (κ2) is 4.18. The van der Waals surface area contributed by atoms with Gasteiger partial charge in [0, 0.05) is 11.6 Å². The molecule has 1 saturated heterocycles. The Morgan fingerprint density at radius 1 is 1.53 bits per heavy atom. The van der Waals surface area contributed by atoms with Crippen molar-refractivity contribution >= 4 is 6.09 Å². The molecule has 0 aromatic heterocycles. The third-order valence-electron chi connectivity index (χ3n) is 2.93. The average molecular weight is 237 g/mol. The van der Waals surface area contributed by atoms with Crippen molar-refractivity contribution in [1.82, 2.24) is 4.90 Å². The number of β-amino-alcohol motifs (C(OH)–C–C–N with tert-alkyl or cyclic N) is 1. The van der Waals surface area contributed by atoms with Gasteiger partial charge in [0.15, 0.2) is 0 Å². The van der Waals surface area contributed by atoms with Gasteiger partial charge in [0.25, 0.3) is 0 Å². The quantitative estimate of drug-likeness (QED) is 0.701. The Morgan fingerprint density at radius 3 is 2.88 bits per heavy atom. The number of allylic oxidation sites excluding steroid dienone is 3. The molecular formula is C13H19NO3. The summed E-state index contributed by atoms with van der Waals surface area (Å²) in [5.74, 6) is 0.0347. The number of hydrogen-bond acceptors (Lipinski definition) is 3. The summed E-state index contributed by atoms with van der Waals surface area (Å²) in [6.07, 6.45) is 5.73. The lowest BCUT2D eigenvalue weighted by Gasteiger charge is -2.26. The first-order chi connectivity index (χ1) is 7.88. The maximum Gasteiger partial charge on any atom is 0.414 e. The number of fused-ring (bicyclic) bond motifs is 1. The fourth-order valence-electron chi connectivity index (χ4n) is 2.20. The van der Waals surface area contributed by atoms with Crippen LogP contribution < -0.4 is 0 Å². The molecule has 4 nitrogen and oxygen atoms in total. The first-order valence-electron chi connectivity index (χ1n) is 5.94. The van der Waals surface area contributed by atoms with Gasteiger partial charge < -0.3 is 9.84 Å². The maximum atomic E-state index is 12.0. The summed E-state index contributed by atoms with van der Waals surface area (Å²) >= 11 is 0. The first-order valence-corrected chi connectivity index (χ1v) is 5.94. The van der Waals surface area contributed by atoms with Gasteiger partial charge in [-0.15, -0.1) is 0 Å². The molecule has 0 aromatic carbocycles. The van der Waals surface area contributed by atoms with Crippen molar-refractivity contribution in [2.45, 2.75) is 38.9 Å². The number of rotatable bonds is 0. The highest BCUT2D eigenvalue weighted by Crippen LogP contribution is 2.34. The molecule has 1 amide bonds. The number of amides is 1. The van der Waals surface area contributed by atoms with Crippen molar-refractivity contribution in [3.63, 3.8) is 0 Å². The molecule has 1 aliphatic heterocycles. The Morgan fingerprint density at radius 2 is 2.24 bits per heavy atom. The van der Waals surface area contributed by atoms with Gasteiger partial charge >= 0.3 is 6.09 Å². The highest BCUT2D eigenvalue weighted by atomic mass is 16.6. The summed E-state index contributed by atoms with van der Waals surface area (Å²) in [4.78, 5) is 13.5. The van der Waals surface area contributed by atoms with Crippen LogP contribution in [-0.2, 0) is 4.74 Å². The van der Waals surface area contributed by atoms with Gasteiger partial charge in [0.05, 0.1) is 12.6 Å². The largest absolute Gasteiger partial charge is 0.443 e. The molecule has 2 unspecified atom stereocenters. The van der Waals surface area contributed by atoms with E-state index in [4.69, 9.17) is 4.74 Å². The van der Waals surface area contributed by atoms with Crippen molar-refractivity contribution in [2.24, 2.45) is 5.92 Å². The van der Waals surface area contributed by atoms with E-state index in [-0.39, 0.29) is 12.0 Å². The Hall–Kier alpha value is -1.29. The zero-order valence-electron chi connectivity index (χ0n) is 10.5. The van der Waals surface area contributed by atoms with Crippen LogP contribution in [0.2, 0.25) is 0 Å². The van der Waals surface area contributed by atoms with Crippen LogP contribution in [0.25, 0.3) is 0 Å². The monoisotopic (exact) mass is 237 g/mol. The van der Waals surface area contributed by atoms with Crippen LogP contribution in [0.4, 0.5) is 4.79 Å². The molecule has 1 N–H and O–H groups in total. The summed E-state index contributed by atoms with van der Waals surface area (Å²) < 4.78 is 5.33. The summed E-state index contributed by atoms with van der Waals surface area (Å²) in [7, 11) is 0. The molecule has 1 heterocycles. The van der Waals surface area contributed by atoms with Gasteiger partial charge in [0.1, 0.15) is 5.60 Å². The fourth-order valence-corrected chi connectivity index (χ4v) is 2.20. The van der Waals surface area contributed by atoms with E-state index in [2.05, 4.69) is 0 Å². The smallest absolute Gasteiger partial charge is 0.414 e. The number of aliphatic hydroxyl groups excluding tert-OH is 1. The number of carbonyl (C=O) groups excluding carboxylic acids is 1. The van der Waals surface area contributed by atoms with Gasteiger partial charge in [0.2, 0.25) is 0 Å². The van der Waals surface area contributed by atoms with E-state index in [1.165, 1.54) is 0 Å². The Bertz CT molecular complexity index is 379. The third kappa shape index (κ3) is 2.52. The molecule has 17 heavy (non-hydrogen) atoms. The molecule has 4 heteroatoms. The second-order valence-corrected chi connectivity index (χ2v) is 5.52. The minimum Gasteiger partial charge on any atom is -0.443 e. The minimum absolute atomic E-state index is 0.0347. The lowest BCUT2D eigenvalue weighted by Crippen LogP contribution is -2.35. The summed E-state index contributed by atoms with van der Waals surface area (Å²) in [5.41, 5.74) is 0.361. The SMILES string of the molecule is CC(C)(C)OC(=O)N1CC(O)C2CC=CC=C21. The van der Waals surface area contributed by atoms with Gasteiger partial charge in [-0.3, -0.25) is 4.90 Å². The first kappa shape index (κ1) is 12.2. The number of carbonyl (C=O) groups is 1. The molecule has 0 saturated carbocycles. The third-order valence-corrected chi connectivity index (χ3v) is 2.93. The zero-order chi connectivity index (χ0) is 12.6. The van der Waals surface area contributed by atoms with E-state index < -0.39 is 11.7 Å². The Labute approximate surface area is 102 Å². The van der Waals surface area contributed by atoms with Gasteiger partial charge in [-0.2, -0.15) is 0 Å². The number of nitrogens with zero attached hydrogens (tertiary/aromatic N) is 1. The molecule has 1 aliphatic carbocycles. The molecule has 2 aliphatic rings. The highest BCUT2D eigenvalue weighted by Gasteiger charge is 2.40. The zero-order valence-corrected chi connectivity index (χ0v) is 10.5. The lowest BCUT2D eigenvalue weighted by atomic mass is 9.95. The number of aliphatic hydroxyl groups is 1. The molecule has 1 fully saturated rings. The molecular weight excluding hydrogens is 218 g/mol. The van der Waals surface area contributed by atoms with Crippen LogP contribution in [0.15, 0.2) is 23.9 Å². The molecule has 0 spiro atoms. The molecule has 0 radical (unpaired) electrons. The number of hydrogen-bond donors (Lipinski definition) is 1. The van der Waals surface area contributed by atoms with Crippen LogP contribution in [0, 0.1) is 5.92 Å². The van der Waals surface area contributed by atoms with Gasteiger partial charge in [-0.25, -0.2) is 4.79 Å². The topological polar surface area (TPSA) is 49.8 Å². The maximum absolute atomic E-state index is 12.0. The van der Waals surface area contributed by atoms with Crippen molar-refractivity contribution < 1.29 is 14.6 Å². The van der Waals surface area contributed by atoms with E-state index in [1.807, 2.05) is 39.0 Å². The fraction of sp³-hybridized carbons (Fsp3) is 0.615. The molecule has 0 bridgehead atoms. The van der Waals surface area contributed by atoms with E-state index in [0.29, 0.717) is 6.54 Å². The summed E-state index contributed by atoms with van der Waals surface area (Å²) in [5, 5.41) is 9.92. The van der Waals surface area contributed by atoms with Crippen LogP contribution in [0.1, 0.15) is 27.2 Å². The van der Waals surface area contributed by atoms with E-state index >= 15 is 0 Å². The lowest BCUT2D eigenvalue weighted by molar-refractivity contribution is 0.0308. The van der Waals surface area contributed by atoms with Crippen LogP contribution in [-0.4, -0.2) is 34.3 Å². The predicted molar refractivity (Wildman–Crippen MR) is 64.3 cm³/mol. The van der Waals surface area contributed by atoms with Crippen molar-refractivity contribution in [3.05, 3.63) is 23.9 Å². The summed E-state index contributed by atoms with van der Waals surface area (Å²) in [6, 6.07) is 0. The molecule has 2 atom stereocenters. The standard InChI is InChI=1S/C13H19NO3/c1-13(2,3)17-12(16)14-8-11(15)9-6-4-5-7-10(9)14/h4-5,7,9,11,15H,6,8H2,1-3H3. The van der Waals surface area contributed by atoms with Gasteiger partial charge in [-0.1, -0.05) is 12.2 Å². The van der Waals surface area contributed by atoms with Crippen molar-refractivity contribution in [3.8, 4) is 0 Å². The van der Waals surface area contributed by atoms with Crippen molar-refractivity contribution in [1.29, 1.82) is 0 Å². The molecule has 0 aromatic rings. The average Bonchev–Trinajstić information content (AvgIpc) is 2.55. The van der Waals surface area contributed by atoms with Crippen LogP contribution in [0.3, 0.4) is 0 Å². The van der Waals surface area contributed by atoms with E-state index in [0.717, 1.165) is 12.1 Å². The second-order valence-electron chi connectivity index (χ2n) is 5.52. The normalized spacial score (nSPS) is 27.8. The number of ether oxygens (including phenoxy) is 1. The summed E-state index contributed by atoms with van der Waals surface area (Å²) in [6.45, 7) is 5.84. The predicted octanol–water partition coefficient (Wildman–Crippen LogP) is 2.06. The van der Waals surface area contributed by atoms with Crippen LogP contribution in [0.5, 0.6) is 0 Å². The van der Waals surface area contributed by atoms with Crippen molar-refractivity contribution in [2.75, 3.05) is 6.54 Å². The highest BCUT2D eigenvalue weighted by molar-refractivity contribution is 5.71. The van der Waals surface area contributed by atoms with E-state index in [1.54, 1.807) is 4.90 Å². The van der Waals surface area contributed by atoms with Crippen LogP contribution >= 0.6 is 0 Å². The Balaban J connectivity index is 2.14. The van der Waals surface area contributed by atoms with Gasteiger partial charge in [-0.05, 0) is 33.3 Å².